The Labute approximate surface area is 106 Å². The number of hydrogen-bond donors (Lipinski definition) is 1. The summed E-state index contributed by atoms with van der Waals surface area (Å²) in [5, 5.41) is 10.3. The highest BCUT2D eigenvalue weighted by Gasteiger charge is 2.15. The number of aryl methyl sites for hydroxylation is 2. The van der Waals surface area contributed by atoms with Gasteiger partial charge in [-0.05, 0) is 30.5 Å². The van der Waals surface area contributed by atoms with E-state index in [0.717, 1.165) is 18.7 Å². The molecule has 2 aromatic rings. The molecule has 0 fully saturated rings. The zero-order chi connectivity index (χ0) is 13.1. The van der Waals surface area contributed by atoms with Gasteiger partial charge in [0.15, 0.2) is 0 Å². The van der Waals surface area contributed by atoms with Crippen molar-refractivity contribution in [3.8, 4) is 0 Å². The molecule has 4 heteroatoms. The van der Waals surface area contributed by atoms with Crippen molar-refractivity contribution in [3.63, 3.8) is 0 Å². The van der Waals surface area contributed by atoms with Crippen LogP contribution < -0.4 is 0 Å². The first kappa shape index (κ1) is 12.8. The third kappa shape index (κ3) is 2.43. The monoisotopic (exact) mass is 248 g/mol. The van der Waals surface area contributed by atoms with Crippen LogP contribution in [0.4, 0.5) is 4.39 Å². The molecule has 0 aliphatic carbocycles. The maximum atomic E-state index is 13.2. The summed E-state index contributed by atoms with van der Waals surface area (Å²) in [4.78, 5) is 4.06. The Bertz CT molecular complexity index is 536. The van der Waals surface area contributed by atoms with Gasteiger partial charge in [-0.1, -0.05) is 19.1 Å². The van der Waals surface area contributed by atoms with Crippen LogP contribution in [-0.2, 0) is 6.54 Å². The molecule has 1 atom stereocenters. The molecule has 1 heterocycles. The SMILES string of the molecule is CCCn1cncc1C(O)c1ccc(F)c(C)c1. The number of imidazole rings is 1. The number of halogens is 1. The maximum absolute atomic E-state index is 13.2. The molecule has 0 spiro atoms. The molecule has 1 aromatic carbocycles. The summed E-state index contributed by atoms with van der Waals surface area (Å²) in [5.74, 6) is -0.256. The summed E-state index contributed by atoms with van der Waals surface area (Å²) in [6.07, 6.45) is 3.56. The van der Waals surface area contributed by atoms with Crippen LogP contribution in [0.3, 0.4) is 0 Å². The number of nitrogens with zero attached hydrogens (tertiary/aromatic N) is 2. The molecule has 96 valence electrons. The lowest BCUT2D eigenvalue weighted by atomic mass is 10.0. The molecular formula is C14H17FN2O. The van der Waals surface area contributed by atoms with Crippen molar-refractivity contribution in [2.75, 3.05) is 0 Å². The second kappa shape index (κ2) is 5.31. The van der Waals surface area contributed by atoms with E-state index in [-0.39, 0.29) is 5.82 Å². The second-order valence-electron chi connectivity index (χ2n) is 4.42. The van der Waals surface area contributed by atoms with Gasteiger partial charge in [0.1, 0.15) is 11.9 Å². The first-order valence-electron chi connectivity index (χ1n) is 6.07. The van der Waals surface area contributed by atoms with Crippen LogP contribution in [0, 0.1) is 12.7 Å². The van der Waals surface area contributed by atoms with Gasteiger partial charge >= 0.3 is 0 Å². The van der Waals surface area contributed by atoms with Crippen LogP contribution in [0.1, 0.15) is 36.3 Å². The summed E-state index contributed by atoms with van der Waals surface area (Å²) >= 11 is 0. The number of hydrogen-bond acceptors (Lipinski definition) is 2. The molecule has 1 aromatic heterocycles. The average Bonchev–Trinajstić information content (AvgIpc) is 2.80. The summed E-state index contributed by atoms with van der Waals surface area (Å²) < 4.78 is 15.1. The van der Waals surface area contributed by atoms with Crippen molar-refractivity contribution in [2.45, 2.75) is 32.9 Å². The molecule has 0 bridgehead atoms. The van der Waals surface area contributed by atoms with E-state index in [2.05, 4.69) is 11.9 Å². The summed E-state index contributed by atoms with van der Waals surface area (Å²) in [6, 6.07) is 4.66. The lowest BCUT2D eigenvalue weighted by Gasteiger charge is -2.14. The van der Waals surface area contributed by atoms with E-state index < -0.39 is 6.10 Å². The van der Waals surface area contributed by atoms with E-state index in [4.69, 9.17) is 0 Å². The van der Waals surface area contributed by atoms with Gasteiger partial charge in [0, 0.05) is 6.54 Å². The molecule has 0 saturated carbocycles. The fraction of sp³-hybridized carbons (Fsp3) is 0.357. The summed E-state index contributed by atoms with van der Waals surface area (Å²) in [6.45, 7) is 4.57. The molecule has 0 amide bonds. The predicted molar refractivity (Wildman–Crippen MR) is 67.7 cm³/mol. The minimum Gasteiger partial charge on any atom is -0.382 e. The minimum atomic E-state index is -0.765. The Balaban J connectivity index is 2.32. The Kier molecular flexibility index (Phi) is 3.77. The van der Waals surface area contributed by atoms with Crippen LogP contribution >= 0.6 is 0 Å². The molecule has 3 nitrogen and oxygen atoms in total. The van der Waals surface area contributed by atoms with Gasteiger partial charge < -0.3 is 9.67 Å². The van der Waals surface area contributed by atoms with Gasteiger partial charge in [0.05, 0.1) is 18.2 Å². The predicted octanol–water partition coefficient (Wildman–Crippen LogP) is 2.82. The number of aliphatic hydroxyl groups is 1. The quantitative estimate of drug-likeness (QED) is 0.903. The van der Waals surface area contributed by atoms with Crippen LogP contribution in [0.5, 0.6) is 0 Å². The molecule has 0 aliphatic rings. The zero-order valence-electron chi connectivity index (χ0n) is 10.6. The molecule has 1 N–H and O–H groups in total. The molecule has 18 heavy (non-hydrogen) atoms. The highest BCUT2D eigenvalue weighted by molar-refractivity contribution is 5.30. The number of benzene rings is 1. The Morgan fingerprint density at radius 2 is 2.22 bits per heavy atom. The fourth-order valence-corrected chi connectivity index (χ4v) is 2.00. The van der Waals surface area contributed by atoms with Crippen LogP contribution in [0.15, 0.2) is 30.7 Å². The molecule has 2 rings (SSSR count). The summed E-state index contributed by atoms with van der Waals surface area (Å²) in [5.41, 5.74) is 1.96. The molecule has 1 unspecified atom stereocenters. The van der Waals surface area contributed by atoms with E-state index in [9.17, 15) is 9.50 Å². The largest absolute Gasteiger partial charge is 0.382 e. The topological polar surface area (TPSA) is 38.0 Å². The number of rotatable bonds is 4. The molecule has 0 saturated heterocycles. The minimum absolute atomic E-state index is 0.256. The Morgan fingerprint density at radius 1 is 1.44 bits per heavy atom. The zero-order valence-corrected chi connectivity index (χ0v) is 10.6. The molecule has 0 aliphatic heterocycles. The van der Waals surface area contributed by atoms with Crippen LogP contribution in [0.2, 0.25) is 0 Å². The average molecular weight is 248 g/mol. The highest BCUT2D eigenvalue weighted by atomic mass is 19.1. The third-order valence-corrected chi connectivity index (χ3v) is 2.99. The number of aliphatic hydroxyl groups excluding tert-OH is 1. The summed E-state index contributed by atoms with van der Waals surface area (Å²) in [7, 11) is 0. The van der Waals surface area contributed by atoms with Crippen molar-refractivity contribution in [3.05, 3.63) is 53.4 Å². The van der Waals surface area contributed by atoms with E-state index >= 15 is 0 Å². The van der Waals surface area contributed by atoms with Crippen LogP contribution in [0.25, 0.3) is 0 Å². The maximum Gasteiger partial charge on any atom is 0.126 e. The lowest BCUT2D eigenvalue weighted by molar-refractivity contribution is 0.209. The first-order valence-corrected chi connectivity index (χ1v) is 6.07. The van der Waals surface area contributed by atoms with Crippen molar-refractivity contribution in [1.29, 1.82) is 0 Å². The molecular weight excluding hydrogens is 231 g/mol. The normalized spacial score (nSPS) is 12.7. The van der Waals surface area contributed by atoms with Gasteiger partial charge in [-0.3, -0.25) is 0 Å². The third-order valence-electron chi connectivity index (χ3n) is 2.99. The van der Waals surface area contributed by atoms with Crippen molar-refractivity contribution >= 4 is 0 Å². The van der Waals surface area contributed by atoms with Gasteiger partial charge in [0.25, 0.3) is 0 Å². The van der Waals surface area contributed by atoms with Crippen LogP contribution in [-0.4, -0.2) is 14.7 Å². The first-order chi connectivity index (χ1) is 8.63. The van der Waals surface area contributed by atoms with Crippen molar-refractivity contribution in [1.82, 2.24) is 9.55 Å². The highest BCUT2D eigenvalue weighted by Crippen LogP contribution is 2.23. The number of aromatic nitrogens is 2. The van der Waals surface area contributed by atoms with Gasteiger partial charge in [-0.2, -0.15) is 0 Å². The second-order valence-corrected chi connectivity index (χ2v) is 4.42. The van der Waals surface area contributed by atoms with Gasteiger partial charge in [0.2, 0.25) is 0 Å². The standard InChI is InChI=1S/C14H17FN2O/c1-3-6-17-9-16-8-13(17)14(18)11-4-5-12(15)10(2)7-11/h4-5,7-9,14,18H,3,6H2,1-2H3. The van der Waals surface area contributed by atoms with Crippen molar-refractivity contribution in [2.24, 2.45) is 0 Å². The van der Waals surface area contributed by atoms with Crippen molar-refractivity contribution < 1.29 is 9.50 Å². The van der Waals surface area contributed by atoms with E-state index in [1.807, 2.05) is 4.57 Å². The molecule has 0 radical (unpaired) electrons. The smallest absolute Gasteiger partial charge is 0.126 e. The van der Waals surface area contributed by atoms with E-state index in [0.29, 0.717) is 11.1 Å². The Hall–Kier alpha value is -1.68. The van der Waals surface area contributed by atoms with Gasteiger partial charge in [-0.15, -0.1) is 0 Å². The Morgan fingerprint density at radius 3 is 2.89 bits per heavy atom. The fourth-order valence-electron chi connectivity index (χ4n) is 2.00. The van der Waals surface area contributed by atoms with E-state index in [1.165, 1.54) is 6.07 Å². The van der Waals surface area contributed by atoms with E-state index in [1.54, 1.807) is 31.6 Å². The lowest BCUT2D eigenvalue weighted by Crippen LogP contribution is -2.08. The van der Waals surface area contributed by atoms with Gasteiger partial charge in [-0.25, -0.2) is 9.37 Å².